The van der Waals surface area contributed by atoms with Crippen molar-refractivity contribution in [2.24, 2.45) is 5.92 Å². The van der Waals surface area contributed by atoms with Crippen molar-refractivity contribution in [3.05, 3.63) is 90.0 Å². The Bertz CT molecular complexity index is 1740. The molecule has 3 N–H and O–H groups in total. The predicted octanol–water partition coefficient (Wildman–Crippen LogP) is 7.31. The Morgan fingerprint density at radius 2 is 1.97 bits per heavy atom. The van der Waals surface area contributed by atoms with Crippen molar-refractivity contribution in [3.8, 4) is 22.0 Å². The average Bonchev–Trinajstić information content (AvgIpc) is 3.62. The minimum atomic E-state index is 0.540. The van der Waals surface area contributed by atoms with Gasteiger partial charge in [0.15, 0.2) is 11.5 Å². The normalized spacial score (nSPS) is 14.7. The van der Waals surface area contributed by atoms with Crippen molar-refractivity contribution in [2.45, 2.75) is 33.1 Å². The first kappa shape index (κ1) is 24.1. The summed E-state index contributed by atoms with van der Waals surface area (Å²) in [5, 5.41) is 11.1. The number of hydrogen-bond acceptors (Lipinski definition) is 6. The summed E-state index contributed by atoms with van der Waals surface area (Å²) in [7, 11) is 0. The third kappa shape index (κ3) is 4.37. The number of rotatable bonds is 8. The third-order valence-corrected chi connectivity index (χ3v) is 8.11. The monoisotopic (exact) mass is 519 g/mol. The fourth-order valence-electron chi connectivity index (χ4n) is 4.69. The highest BCUT2D eigenvalue weighted by Gasteiger charge is 2.21. The van der Waals surface area contributed by atoms with E-state index in [9.17, 15) is 0 Å². The van der Waals surface area contributed by atoms with E-state index in [4.69, 9.17) is 9.97 Å². The van der Waals surface area contributed by atoms with Crippen LogP contribution in [0.2, 0.25) is 0 Å². The standard InChI is InChI=1S/C30H29N7S/c1-5-19(14-21(6-2)32-18(4)20-8-7-9-20)23-11-12-24-28(33-23)29(37-36-24)30-34-25-16-31-15-22(27(25)35-30)26-13-10-17(3)38-26/h5-6,10-16,20,32H,2,4,7-9H2,1,3H3,(H,34,35)(H,36,37)/b19-5+,21-14+. The molecule has 0 unspecified atom stereocenters. The Hall–Kier alpha value is -4.30. The van der Waals surface area contributed by atoms with Gasteiger partial charge in [0, 0.05) is 32.9 Å². The Balaban J connectivity index is 1.37. The first-order valence-electron chi connectivity index (χ1n) is 12.8. The number of aromatic amines is 2. The summed E-state index contributed by atoms with van der Waals surface area (Å²) in [4.78, 5) is 20.2. The van der Waals surface area contributed by atoms with Gasteiger partial charge >= 0.3 is 0 Å². The van der Waals surface area contributed by atoms with Crippen LogP contribution in [0.3, 0.4) is 0 Å². The molecule has 0 spiro atoms. The molecule has 5 aromatic rings. The predicted molar refractivity (Wildman–Crippen MR) is 156 cm³/mol. The van der Waals surface area contributed by atoms with Gasteiger partial charge in [-0.15, -0.1) is 11.3 Å². The van der Waals surface area contributed by atoms with E-state index in [2.05, 4.69) is 63.8 Å². The molecule has 0 amide bonds. The van der Waals surface area contributed by atoms with Crippen LogP contribution in [0, 0.1) is 12.8 Å². The SMILES string of the molecule is C=C/C(=C\C(=C/C)c1ccc2[nH]nc(-c3nc4c(-c5ccc(C)s5)cncc4[nH]3)c2n1)NC(=C)C1CCC1. The minimum absolute atomic E-state index is 0.540. The number of fused-ring (bicyclic) bond motifs is 2. The lowest BCUT2D eigenvalue weighted by molar-refractivity contribution is 0.356. The van der Waals surface area contributed by atoms with E-state index in [1.54, 1.807) is 17.5 Å². The molecular formula is C30H29N7S. The third-order valence-electron chi connectivity index (χ3n) is 7.07. The zero-order valence-corrected chi connectivity index (χ0v) is 22.3. The molecule has 7 nitrogen and oxygen atoms in total. The maximum atomic E-state index is 5.00. The summed E-state index contributed by atoms with van der Waals surface area (Å²) in [6.45, 7) is 12.3. The summed E-state index contributed by atoms with van der Waals surface area (Å²) in [5.41, 5.74) is 8.78. The molecule has 0 aromatic carbocycles. The number of hydrogen-bond donors (Lipinski definition) is 3. The largest absolute Gasteiger partial charge is 0.359 e. The first-order chi connectivity index (χ1) is 18.5. The Labute approximate surface area is 225 Å². The van der Waals surface area contributed by atoms with Gasteiger partial charge in [-0.2, -0.15) is 5.10 Å². The molecule has 6 rings (SSSR count). The molecule has 1 aliphatic carbocycles. The van der Waals surface area contributed by atoms with E-state index in [1.165, 1.54) is 24.1 Å². The van der Waals surface area contributed by atoms with E-state index >= 15 is 0 Å². The summed E-state index contributed by atoms with van der Waals surface area (Å²) in [6, 6.07) is 8.23. The second-order valence-corrected chi connectivity index (χ2v) is 10.9. The molecule has 0 saturated heterocycles. The molecule has 1 saturated carbocycles. The van der Waals surface area contributed by atoms with Gasteiger partial charge in [-0.3, -0.25) is 10.1 Å². The van der Waals surface area contributed by atoms with Crippen LogP contribution in [0.5, 0.6) is 0 Å². The lowest BCUT2D eigenvalue weighted by Gasteiger charge is -2.28. The maximum absolute atomic E-state index is 5.00. The number of nitrogens with one attached hydrogen (secondary N) is 3. The summed E-state index contributed by atoms with van der Waals surface area (Å²) < 4.78 is 0. The fraction of sp³-hybridized carbons (Fsp3) is 0.200. The van der Waals surface area contributed by atoms with Crippen LogP contribution < -0.4 is 5.32 Å². The van der Waals surface area contributed by atoms with Crippen LogP contribution in [0.1, 0.15) is 36.8 Å². The number of thiophene rings is 1. The maximum Gasteiger partial charge on any atom is 0.161 e. The lowest BCUT2D eigenvalue weighted by Crippen LogP contribution is -2.23. The van der Waals surface area contributed by atoms with E-state index in [1.807, 2.05) is 37.4 Å². The average molecular weight is 520 g/mol. The highest BCUT2D eigenvalue weighted by atomic mass is 32.1. The van der Waals surface area contributed by atoms with Crippen molar-refractivity contribution in [1.82, 2.24) is 35.5 Å². The molecule has 0 bridgehead atoms. The van der Waals surface area contributed by atoms with Crippen LogP contribution in [0.4, 0.5) is 0 Å². The quantitative estimate of drug-likeness (QED) is 0.187. The van der Waals surface area contributed by atoms with Crippen molar-refractivity contribution >= 4 is 39.0 Å². The van der Waals surface area contributed by atoms with Crippen molar-refractivity contribution in [2.75, 3.05) is 0 Å². The summed E-state index contributed by atoms with van der Waals surface area (Å²) in [6.07, 6.45) is 13.3. The number of pyridine rings is 2. The van der Waals surface area contributed by atoms with Crippen LogP contribution in [0.25, 0.3) is 49.6 Å². The van der Waals surface area contributed by atoms with Crippen LogP contribution >= 0.6 is 11.3 Å². The number of allylic oxidation sites excluding steroid dienone is 5. The van der Waals surface area contributed by atoms with Crippen LogP contribution in [-0.2, 0) is 0 Å². The summed E-state index contributed by atoms with van der Waals surface area (Å²) in [5.74, 6) is 1.19. The van der Waals surface area contributed by atoms with Crippen LogP contribution in [-0.4, -0.2) is 30.1 Å². The van der Waals surface area contributed by atoms with Gasteiger partial charge in [0.2, 0.25) is 0 Å². The second-order valence-electron chi connectivity index (χ2n) is 9.57. The van der Waals surface area contributed by atoms with E-state index in [-0.39, 0.29) is 0 Å². The number of nitrogens with zero attached hydrogens (tertiary/aromatic N) is 4. The number of aryl methyl sites for hydroxylation is 1. The molecule has 1 fully saturated rings. The van der Waals surface area contributed by atoms with Gasteiger partial charge in [-0.25, -0.2) is 9.97 Å². The molecule has 1 aliphatic rings. The van der Waals surface area contributed by atoms with Gasteiger partial charge in [-0.05, 0) is 74.6 Å². The van der Waals surface area contributed by atoms with E-state index < -0.39 is 0 Å². The van der Waals surface area contributed by atoms with E-state index in [0.717, 1.165) is 55.2 Å². The van der Waals surface area contributed by atoms with Gasteiger partial charge < -0.3 is 10.3 Å². The Kier molecular flexibility index (Phi) is 6.25. The first-order valence-corrected chi connectivity index (χ1v) is 13.6. The molecule has 0 atom stereocenters. The fourth-order valence-corrected chi connectivity index (χ4v) is 5.57. The Morgan fingerprint density at radius 1 is 1.11 bits per heavy atom. The molecule has 0 radical (unpaired) electrons. The zero-order valence-electron chi connectivity index (χ0n) is 21.5. The molecule has 190 valence electrons. The van der Waals surface area contributed by atoms with Gasteiger partial charge in [0.05, 0.1) is 22.9 Å². The highest BCUT2D eigenvalue weighted by Crippen LogP contribution is 2.34. The molecular weight excluding hydrogens is 490 g/mol. The van der Waals surface area contributed by atoms with Crippen LogP contribution in [0.15, 0.2) is 79.4 Å². The molecule has 38 heavy (non-hydrogen) atoms. The number of aromatic nitrogens is 6. The van der Waals surface area contributed by atoms with Gasteiger partial charge in [0.25, 0.3) is 0 Å². The molecule has 5 heterocycles. The molecule has 8 heteroatoms. The Morgan fingerprint density at radius 3 is 2.68 bits per heavy atom. The minimum Gasteiger partial charge on any atom is -0.359 e. The van der Waals surface area contributed by atoms with Crippen molar-refractivity contribution in [1.29, 1.82) is 0 Å². The number of imidazole rings is 1. The van der Waals surface area contributed by atoms with Crippen molar-refractivity contribution < 1.29 is 0 Å². The van der Waals surface area contributed by atoms with Gasteiger partial charge in [-0.1, -0.05) is 25.7 Å². The van der Waals surface area contributed by atoms with Gasteiger partial charge in [0.1, 0.15) is 11.0 Å². The van der Waals surface area contributed by atoms with Crippen molar-refractivity contribution in [3.63, 3.8) is 0 Å². The smallest absolute Gasteiger partial charge is 0.161 e. The number of H-pyrrole nitrogens is 2. The molecule has 5 aromatic heterocycles. The zero-order chi connectivity index (χ0) is 26.2. The highest BCUT2D eigenvalue weighted by molar-refractivity contribution is 7.15. The lowest BCUT2D eigenvalue weighted by atomic mass is 9.83. The topological polar surface area (TPSA) is 95.2 Å². The molecule has 0 aliphatic heterocycles. The van der Waals surface area contributed by atoms with E-state index in [0.29, 0.717) is 17.4 Å². The second kappa shape index (κ2) is 9.87. The summed E-state index contributed by atoms with van der Waals surface area (Å²) >= 11 is 1.73.